The Morgan fingerprint density at radius 2 is 1.78 bits per heavy atom. The summed E-state index contributed by atoms with van der Waals surface area (Å²) in [5.41, 5.74) is 0.204. The van der Waals surface area contributed by atoms with Crippen LogP contribution in [0.3, 0.4) is 0 Å². The summed E-state index contributed by atoms with van der Waals surface area (Å²) < 4.78 is -3.81. The molecule has 0 fully saturated rings. The van der Waals surface area contributed by atoms with E-state index in [-0.39, 0.29) is 17.4 Å². The van der Waals surface area contributed by atoms with Crippen molar-refractivity contribution in [3.8, 4) is 0 Å². The van der Waals surface area contributed by atoms with E-state index in [0.717, 1.165) is 0 Å². The van der Waals surface area contributed by atoms with Crippen LogP contribution in [0.2, 0.25) is 0 Å². The molecule has 124 valence electrons. The van der Waals surface area contributed by atoms with E-state index in [2.05, 4.69) is 15.3 Å². The summed E-state index contributed by atoms with van der Waals surface area (Å²) in [7, 11) is 0. The lowest BCUT2D eigenvalue weighted by atomic mass is 10.1. The molecule has 1 N–H and O–H groups in total. The summed E-state index contributed by atoms with van der Waals surface area (Å²) in [6.45, 7) is 0. The number of rotatable bonds is 2. The topological polar surface area (TPSA) is 79.9 Å². The molecule has 1 heterocycles. The van der Waals surface area contributed by atoms with Gasteiger partial charge in [-0.1, -0.05) is 81.7 Å². The number of hydrogen-bond acceptors (Lipinski definition) is 5. The van der Waals surface area contributed by atoms with E-state index >= 15 is 0 Å². The third-order valence-corrected chi connectivity index (χ3v) is 3.75. The zero-order valence-corrected chi connectivity index (χ0v) is 15.3. The number of nitrogens with one attached hydrogen (secondary N) is 1. The number of nitrogens with zero attached hydrogens (tertiary/aromatic N) is 3. The molecule has 0 saturated heterocycles. The van der Waals surface area contributed by atoms with Gasteiger partial charge < -0.3 is 5.32 Å². The Labute approximate surface area is 160 Å². The molecular weight excluding hydrogens is 433 g/mol. The first-order chi connectivity index (χ1) is 10.5. The molecule has 0 bridgehead atoms. The van der Waals surface area contributed by atoms with Gasteiger partial charge in [-0.2, -0.15) is 0 Å². The van der Waals surface area contributed by atoms with Crippen molar-refractivity contribution >= 4 is 87.0 Å². The van der Waals surface area contributed by atoms with Crippen LogP contribution in [-0.2, 0) is 0 Å². The highest BCUT2D eigenvalue weighted by Gasteiger charge is 2.40. The second-order valence-corrected chi connectivity index (χ2v) is 8.95. The average molecular weight is 439 g/mol. The van der Waals surface area contributed by atoms with E-state index in [4.69, 9.17) is 69.6 Å². The minimum atomic E-state index is -1.92. The van der Waals surface area contributed by atoms with Gasteiger partial charge in [0, 0.05) is 17.7 Å². The Morgan fingerprint density at radius 1 is 1.13 bits per heavy atom. The third-order valence-electron chi connectivity index (χ3n) is 2.63. The SMILES string of the molecule is O=[N+]([O-])c1cccc(C2=N[C@@H](C(Cl)(Cl)Cl)N=C(C(Cl)(Cl)Cl)N2)c1. The first kappa shape index (κ1) is 18.8. The molecule has 0 aliphatic carbocycles. The number of aliphatic imine (C=N–C) groups is 2. The van der Waals surface area contributed by atoms with E-state index < -0.39 is 18.7 Å². The molecular formula is C11H6Cl6N4O2. The van der Waals surface area contributed by atoms with Gasteiger partial charge in [-0.05, 0) is 0 Å². The lowest BCUT2D eigenvalue weighted by Gasteiger charge is -2.27. The Hall–Kier alpha value is -0.500. The van der Waals surface area contributed by atoms with Gasteiger partial charge >= 0.3 is 0 Å². The maximum absolute atomic E-state index is 10.9. The number of amidine groups is 2. The van der Waals surface area contributed by atoms with Gasteiger partial charge in [0.25, 0.3) is 5.69 Å². The number of benzene rings is 1. The molecule has 1 aromatic carbocycles. The molecule has 0 radical (unpaired) electrons. The van der Waals surface area contributed by atoms with Gasteiger partial charge in [-0.15, -0.1) is 0 Å². The maximum Gasteiger partial charge on any atom is 0.270 e. The summed E-state index contributed by atoms with van der Waals surface area (Å²) in [5.74, 6) is 0.0108. The molecule has 0 saturated carbocycles. The predicted octanol–water partition coefficient (Wildman–Crippen LogP) is 4.41. The second-order valence-electron chi connectivity index (χ2n) is 4.30. The van der Waals surface area contributed by atoms with Crippen LogP contribution in [0, 0.1) is 10.1 Å². The monoisotopic (exact) mass is 436 g/mol. The van der Waals surface area contributed by atoms with Crippen molar-refractivity contribution in [3.05, 3.63) is 39.9 Å². The van der Waals surface area contributed by atoms with Crippen molar-refractivity contribution in [1.82, 2.24) is 5.32 Å². The lowest BCUT2D eigenvalue weighted by molar-refractivity contribution is -0.384. The first-order valence-electron chi connectivity index (χ1n) is 5.80. The number of nitro benzene ring substituents is 1. The van der Waals surface area contributed by atoms with E-state index in [1.165, 1.54) is 18.2 Å². The van der Waals surface area contributed by atoms with Crippen LogP contribution in [0.4, 0.5) is 5.69 Å². The normalized spacial score (nSPS) is 18.8. The maximum atomic E-state index is 10.9. The van der Waals surface area contributed by atoms with Crippen LogP contribution in [-0.4, -0.2) is 30.3 Å². The minimum Gasteiger partial charge on any atom is -0.325 e. The summed E-state index contributed by atoms with van der Waals surface area (Å²) in [5, 5.41) is 13.6. The first-order valence-corrected chi connectivity index (χ1v) is 8.06. The van der Waals surface area contributed by atoms with Crippen molar-refractivity contribution < 1.29 is 4.92 Å². The Kier molecular flexibility index (Phi) is 5.55. The lowest BCUT2D eigenvalue weighted by Crippen LogP contribution is -2.46. The molecule has 0 aromatic heterocycles. The van der Waals surface area contributed by atoms with Crippen LogP contribution >= 0.6 is 69.6 Å². The second kappa shape index (κ2) is 6.78. The van der Waals surface area contributed by atoms with Gasteiger partial charge in [0.2, 0.25) is 7.59 Å². The van der Waals surface area contributed by atoms with E-state index in [1.807, 2.05) is 0 Å². The van der Waals surface area contributed by atoms with Crippen LogP contribution < -0.4 is 5.32 Å². The molecule has 6 nitrogen and oxygen atoms in total. The van der Waals surface area contributed by atoms with Crippen molar-refractivity contribution in [2.75, 3.05) is 0 Å². The molecule has 1 atom stereocenters. The summed E-state index contributed by atoms with van der Waals surface area (Å²) in [6.07, 6.45) is -1.19. The largest absolute Gasteiger partial charge is 0.325 e. The minimum absolute atomic E-state index is 0.115. The van der Waals surface area contributed by atoms with Gasteiger partial charge in [-0.3, -0.25) is 10.1 Å². The fourth-order valence-corrected chi connectivity index (χ4v) is 2.23. The molecule has 1 aromatic rings. The van der Waals surface area contributed by atoms with Gasteiger partial charge in [0.1, 0.15) is 5.84 Å². The van der Waals surface area contributed by atoms with Crippen molar-refractivity contribution in [1.29, 1.82) is 0 Å². The van der Waals surface area contributed by atoms with Crippen LogP contribution in [0.25, 0.3) is 0 Å². The van der Waals surface area contributed by atoms with Gasteiger partial charge in [-0.25, -0.2) is 9.98 Å². The van der Waals surface area contributed by atoms with Crippen LogP contribution in [0.15, 0.2) is 34.3 Å². The van der Waals surface area contributed by atoms with Gasteiger partial charge in [0.15, 0.2) is 12.0 Å². The molecule has 23 heavy (non-hydrogen) atoms. The number of nitro groups is 1. The highest BCUT2D eigenvalue weighted by atomic mass is 35.6. The summed E-state index contributed by atoms with van der Waals surface area (Å²) in [4.78, 5) is 18.4. The number of alkyl halides is 6. The predicted molar refractivity (Wildman–Crippen MR) is 94.6 cm³/mol. The number of hydrogen-bond donors (Lipinski definition) is 1. The molecule has 12 heteroatoms. The van der Waals surface area contributed by atoms with E-state index in [1.54, 1.807) is 6.07 Å². The van der Waals surface area contributed by atoms with Crippen molar-refractivity contribution in [3.63, 3.8) is 0 Å². The molecule has 1 aliphatic rings. The molecule has 0 amide bonds. The Balaban J connectivity index is 2.48. The molecule has 0 spiro atoms. The standard InChI is InChI=1S/C11H6Cl6N4O2/c12-10(13,14)8-18-7(19-9(20-8)11(15,16)17)5-2-1-3-6(4-5)21(22)23/h1-4,8H,(H,18,19,20)/t8-/m1/s1. The average Bonchev–Trinajstić information content (AvgIpc) is 2.45. The highest BCUT2D eigenvalue weighted by Crippen LogP contribution is 2.37. The molecule has 0 unspecified atom stereocenters. The van der Waals surface area contributed by atoms with Crippen molar-refractivity contribution in [2.24, 2.45) is 9.98 Å². The summed E-state index contributed by atoms with van der Waals surface area (Å²) in [6, 6.07) is 5.64. The third kappa shape index (κ3) is 4.75. The number of halogens is 6. The van der Waals surface area contributed by atoms with E-state index in [9.17, 15) is 10.1 Å². The van der Waals surface area contributed by atoms with E-state index in [0.29, 0.717) is 5.56 Å². The fraction of sp³-hybridized carbons (Fsp3) is 0.273. The molecule has 1 aliphatic heterocycles. The van der Waals surface area contributed by atoms with Gasteiger partial charge in [0.05, 0.1) is 4.92 Å². The number of non-ortho nitro benzene ring substituents is 1. The van der Waals surface area contributed by atoms with Crippen LogP contribution in [0.5, 0.6) is 0 Å². The molecule has 2 rings (SSSR count). The fourth-order valence-electron chi connectivity index (χ4n) is 1.65. The zero-order valence-electron chi connectivity index (χ0n) is 10.8. The quantitative estimate of drug-likeness (QED) is 0.422. The smallest absolute Gasteiger partial charge is 0.270 e. The Bertz CT molecular complexity index is 694. The Morgan fingerprint density at radius 3 is 2.30 bits per heavy atom. The van der Waals surface area contributed by atoms with Crippen molar-refractivity contribution in [2.45, 2.75) is 13.8 Å². The highest BCUT2D eigenvalue weighted by molar-refractivity contribution is 6.77. The van der Waals surface area contributed by atoms with Crippen LogP contribution in [0.1, 0.15) is 5.56 Å². The zero-order chi connectivity index (χ0) is 17.4. The summed E-state index contributed by atoms with van der Waals surface area (Å²) >= 11 is 34.9.